The molecule has 5 nitrogen and oxygen atoms in total. The summed E-state index contributed by atoms with van der Waals surface area (Å²) in [5.74, 6) is -0.283. The maximum absolute atomic E-state index is 14.0. The van der Waals surface area contributed by atoms with Gasteiger partial charge in [0.05, 0.1) is 18.8 Å². The van der Waals surface area contributed by atoms with Crippen molar-refractivity contribution in [2.45, 2.75) is 30.5 Å². The number of aliphatic hydroxyl groups excluding tert-OH is 1. The van der Waals surface area contributed by atoms with Crippen LogP contribution in [0.5, 0.6) is 0 Å². The molecule has 2 heterocycles. The normalized spacial score (nSPS) is 28.0. The van der Waals surface area contributed by atoms with Gasteiger partial charge in [0.25, 0.3) is 0 Å². The molecule has 2 saturated heterocycles. The molecule has 0 amide bonds. The van der Waals surface area contributed by atoms with E-state index in [9.17, 15) is 14.6 Å². The first-order valence-corrected chi connectivity index (χ1v) is 8.55. The topological polar surface area (TPSA) is 62.2 Å². The summed E-state index contributed by atoms with van der Waals surface area (Å²) in [6.07, 6.45) is 1.54. The van der Waals surface area contributed by atoms with E-state index >= 15 is 0 Å². The van der Waals surface area contributed by atoms with Crippen LogP contribution in [0.4, 0.5) is 4.39 Å². The van der Waals surface area contributed by atoms with E-state index in [1.54, 1.807) is 18.2 Å². The molecule has 0 radical (unpaired) electrons. The van der Waals surface area contributed by atoms with Crippen molar-refractivity contribution in [3.8, 4) is 0 Å². The van der Waals surface area contributed by atoms with E-state index in [0.29, 0.717) is 64.3 Å². The van der Waals surface area contributed by atoms with Crippen molar-refractivity contribution < 1.29 is 24.1 Å². The predicted octanol–water partition coefficient (Wildman–Crippen LogP) is 0.973. The molecule has 0 unspecified atom stereocenters. The minimum Gasteiger partial charge on any atom is -0.393 e. The Balaban J connectivity index is 1.68. The molecule has 0 spiro atoms. The molecule has 0 bridgehead atoms. The highest BCUT2D eigenvalue weighted by Crippen LogP contribution is 2.28. The molecule has 0 saturated carbocycles. The van der Waals surface area contributed by atoms with E-state index in [4.69, 9.17) is 9.47 Å². The zero-order valence-corrected chi connectivity index (χ0v) is 13.9. The highest BCUT2D eigenvalue weighted by atomic mass is 19.1. The molecule has 2 aliphatic heterocycles. The summed E-state index contributed by atoms with van der Waals surface area (Å²) in [7, 11) is 0. The molecule has 1 aromatic rings. The van der Waals surface area contributed by atoms with E-state index in [2.05, 4.69) is 4.90 Å². The molecule has 0 aliphatic carbocycles. The van der Waals surface area contributed by atoms with Crippen LogP contribution in [0.3, 0.4) is 0 Å². The summed E-state index contributed by atoms with van der Waals surface area (Å²) in [5.41, 5.74) is -1.05. The lowest BCUT2D eigenvalue weighted by atomic mass is 9.90. The smallest absolute Gasteiger partial charge is 0.126 e. The standard InChI is InChI=1S/C18H26FNO4/c19-16-4-2-1-3-15(16)11-18(14-21)13-20(7-10-24-18)12-17(22)5-8-23-9-6-17/h1-4,21-22H,5-14H2/t18-/m0/s1. The summed E-state index contributed by atoms with van der Waals surface area (Å²) >= 11 is 0. The molecule has 2 aliphatic rings. The van der Waals surface area contributed by atoms with Crippen LogP contribution in [-0.4, -0.2) is 72.4 Å². The number of benzene rings is 1. The molecule has 134 valence electrons. The SMILES string of the molecule is OC[C@]1(Cc2ccccc2F)CN(CC2(O)CCOCC2)CCO1. The van der Waals surface area contributed by atoms with Crippen LogP contribution < -0.4 is 0 Å². The van der Waals surface area contributed by atoms with E-state index in [1.165, 1.54) is 6.07 Å². The average Bonchev–Trinajstić information content (AvgIpc) is 2.57. The van der Waals surface area contributed by atoms with Crippen molar-refractivity contribution >= 4 is 0 Å². The molecule has 24 heavy (non-hydrogen) atoms. The van der Waals surface area contributed by atoms with E-state index < -0.39 is 11.2 Å². The first-order chi connectivity index (χ1) is 11.5. The Bertz CT molecular complexity index is 550. The maximum Gasteiger partial charge on any atom is 0.126 e. The number of ether oxygens (including phenoxy) is 2. The highest BCUT2D eigenvalue weighted by Gasteiger charge is 2.40. The number of hydrogen-bond acceptors (Lipinski definition) is 5. The van der Waals surface area contributed by atoms with Crippen molar-refractivity contribution in [3.63, 3.8) is 0 Å². The van der Waals surface area contributed by atoms with Gasteiger partial charge in [0.15, 0.2) is 0 Å². The zero-order chi connectivity index (χ0) is 17.0. The number of morpholine rings is 1. The summed E-state index contributed by atoms with van der Waals surface area (Å²) in [4.78, 5) is 2.12. The maximum atomic E-state index is 14.0. The summed E-state index contributed by atoms with van der Waals surface area (Å²) in [6.45, 7) is 3.12. The van der Waals surface area contributed by atoms with Crippen LogP contribution in [-0.2, 0) is 15.9 Å². The minimum absolute atomic E-state index is 0.181. The second-order valence-electron chi connectivity index (χ2n) is 7.01. The largest absolute Gasteiger partial charge is 0.393 e. The molecule has 6 heteroatoms. The Morgan fingerprint density at radius 2 is 1.92 bits per heavy atom. The lowest BCUT2D eigenvalue weighted by Gasteiger charge is -2.45. The van der Waals surface area contributed by atoms with E-state index in [0.717, 1.165) is 0 Å². The first kappa shape index (κ1) is 17.8. The monoisotopic (exact) mass is 339 g/mol. The van der Waals surface area contributed by atoms with Crippen molar-refractivity contribution in [3.05, 3.63) is 35.6 Å². The van der Waals surface area contributed by atoms with Crippen LogP contribution in [0.15, 0.2) is 24.3 Å². The summed E-state index contributed by atoms with van der Waals surface area (Å²) < 4.78 is 25.2. The molecule has 3 rings (SSSR count). The minimum atomic E-state index is -0.831. The predicted molar refractivity (Wildman–Crippen MR) is 87.3 cm³/mol. The summed E-state index contributed by atoms with van der Waals surface area (Å²) in [6, 6.07) is 6.58. The van der Waals surface area contributed by atoms with Gasteiger partial charge in [0.2, 0.25) is 0 Å². The first-order valence-electron chi connectivity index (χ1n) is 8.55. The van der Waals surface area contributed by atoms with Crippen LogP contribution in [0, 0.1) is 5.82 Å². The van der Waals surface area contributed by atoms with Crippen molar-refractivity contribution in [2.24, 2.45) is 0 Å². The van der Waals surface area contributed by atoms with Gasteiger partial charge in [-0.15, -0.1) is 0 Å². The van der Waals surface area contributed by atoms with Gasteiger partial charge in [0.1, 0.15) is 11.4 Å². The number of nitrogens with zero attached hydrogens (tertiary/aromatic N) is 1. The number of hydrogen-bond donors (Lipinski definition) is 2. The average molecular weight is 339 g/mol. The van der Waals surface area contributed by atoms with Crippen LogP contribution >= 0.6 is 0 Å². The second-order valence-corrected chi connectivity index (χ2v) is 7.01. The molecule has 1 aromatic carbocycles. The fraction of sp³-hybridized carbons (Fsp3) is 0.667. The highest BCUT2D eigenvalue weighted by molar-refractivity contribution is 5.20. The Hall–Kier alpha value is -1.05. The van der Waals surface area contributed by atoms with Gasteiger partial charge in [-0.25, -0.2) is 4.39 Å². The Kier molecular flexibility index (Phi) is 5.52. The number of aliphatic hydroxyl groups is 2. The lowest BCUT2D eigenvalue weighted by molar-refractivity contribution is -0.152. The summed E-state index contributed by atoms with van der Waals surface area (Å²) in [5, 5.41) is 20.6. The molecular weight excluding hydrogens is 313 g/mol. The van der Waals surface area contributed by atoms with Crippen molar-refractivity contribution in [1.29, 1.82) is 0 Å². The number of β-amino-alcohol motifs (C(OH)–C–C–N with tert-alkyl or cyclic N) is 1. The van der Waals surface area contributed by atoms with Crippen molar-refractivity contribution in [1.82, 2.24) is 4.90 Å². The van der Waals surface area contributed by atoms with Gasteiger partial charge in [-0.2, -0.15) is 0 Å². The van der Waals surface area contributed by atoms with Crippen LogP contribution in [0.1, 0.15) is 18.4 Å². The molecule has 1 atom stereocenters. The lowest BCUT2D eigenvalue weighted by Crippen LogP contribution is -2.59. The van der Waals surface area contributed by atoms with Gasteiger partial charge in [-0.3, -0.25) is 4.90 Å². The number of halogens is 1. The van der Waals surface area contributed by atoms with Crippen LogP contribution in [0.2, 0.25) is 0 Å². The second kappa shape index (κ2) is 7.45. The van der Waals surface area contributed by atoms with E-state index in [-0.39, 0.29) is 12.4 Å². The third-order valence-corrected chi connectivity index (χ3v) is 5.03. The molecule has 2 fully saturated rings. The van der Waals surface area contributed by atoms with Crippen molar-refractivity contribution in [2.75, 3.05) is 46.1 Å². The third-order valence-electron chi connectivity index (χ3n) is 5.03. The zero-order valence-electron chi connectivity index (χ0n) is 13.9. The van der Waals surface area contributed by atoms with Gasteiger partial charge in [-0.05, 0) is 11.6 Å². The van der Waals surface area contributed by atoms with Gasteiger partial charge in [0, 0.05) is 52.1 Å². The Morgan fingerprint density at radius 3 is 2.62 bits per heavy atom. The molecular formula is C18H26FNO4. The quantitative estimate of drug-likeness (QED) is 0.837. The fourth-order valence-electron chi connectivity index (χ4n) is 3.63. The van der Waals surface area contributed by atoms with Gasteiger partial charge in [-0.1, -0.05) is 18.2 Å². The fourth-order valence-corrected chi connectivity index (χ4v) is 3.63. The van der Waals surface area contributed by atoms with Gasteiger partial charge >= 0.3 is 0 Å². The third kappa shape index (κ3) is 4.13. The molecule has 2 N–H and O–H groups in total. The van der Waals surface area contributed by atoms with E-state index in [1.807, 2.05) is 0 Å². The van der Waals surface area contributed by atoms with Crippen LogP contribution in [0.25, 0.3) is 0 Å². The van der Waals surface area contributed by atoms with Gasteiger partial charge < -0.3 is 19.7 Å². The number of rotatable bonds is 5. The Labute approximate surface area is 142 Å². The Morgan fingerprint density at radius 1 is 1.17 bits per heavy atom. The molecule has 0 aromatic heterocycles.